The molecule has 118 valence electrons. The number of hydrogen-bond acceptors (Lipinski definition) is 5. The smallest absolute Gasteiger partial charge is 0.268 e. The molecule has 1 amide bonds. The Morgan fingerprint density at radius 1 is 1.45 bits per heavy atom. The number of ether oxygens (including phenoxy) is 2. The topological polar surface area (TPSA) is 56.6 Å². The average Bonchev–Trinajstić information content (AvgIpc) is 3.12. The molecular formula is C15H19N3O3S. The first-order chi connectivity index (χ1) is 10.7. The second-order valence-electron chi connectivity index (χ2n) is 5.10. The summed E-state index contributed by atoms with van der Waals surface area (Å²) < 4.78 is 12.9. The molecule has 0 aliphatic carbocycles. The van der Waals surface area contributed by atoms with Crippen LogP contribution in [-0.4, -0.2) is 47.0 Å². The molecule has 0 bridgehead atoms. The number of rotatable bonds is 4. The number of methoxy groups -OCH3 is 1. The maximum Gasteiger partial charge on any atom is 0.268 e. The summed E-state index contributed by atoms with van der Waals surface area (Å²) in [6, 6.07) is 3.79. The van der Waals surface area contributed by atoms with Crippen LogP contribution in [0, 0.1) is 0 Å². The zero-order chi connectivity index (χ0) is 15.5. The van der Waals surface area contributed by atoms with E-state index in [9.17, 15) is 4.79 Å². The summed E-state index contributed by atoms with van der Waals surface area (Å²) in [7, 11) is 1.67. The monoisotopic (exact) mass is 321 g/mol. The first-order valence-corrected chi connectivity index (χ1v) is 8.14. The third-order valence-electron chi connectivity index (χ3n) is 3.70. The minimum Gasteiger partial charge on any atom is -0.492 e. The summed E-state index contributed by atoms with van der Waals surface area (Å²) >= 11 is 1.41. The minimum atomic E-state index is -0.0689. The third-order valence-corrected chi connectivity index (χ3v) is 4.59. The van der Waals surface area contributed by atoms with Crippen molar-refractivity contribution in [2.24, 2.45) is 0 Å². The number of carbonyl (C=O) groups excluding carboxylic acids is 1. The number of nitrogens with zero attached hydrogens (tertiary/aromatic N) is 3. The number of aromatic nitrogens is 2. The predicted molar refractivity (Wildman–Crippen MR) is 83.3 cm³/mol. The highest BCUT2D eigenvalue weighted by Crippen LogP contribution is 2.28. The Hall–Kier alpha value is -1.86. The van der Waals surface area contributed by atoms with E-state index in [-0.39, 0.29) is 12.0 Å². The van der Waals surface area contributed by atoms with Crippen LogP contribution in [0.15, 0.2) is 23.7 Å². The molecule has 1 aliphatic rings. The number of fused-ring (bicyclic) bond motifs is 1. The molecular weight excluding hydrogens is 302 g/mol. The van der Waals surface area contributed by atoms with Crippen LogP contribution in [0.1, 0.15) is 22.3 Å². The molecule has 6 nitrogen and oxygen atoms in total. The van der Waals surface area contributed by atoms with E-state index in [2.05, 4.69) is 5.10 Å². The molecule has 1 atom stereocenters. The minimum absolute atomic E-state index is 0.0184. The quantitative estimate of drug-likeness (QED) is 0.864. The average molecular weight is 321 g/mol. The summed E-state index contributed by atoms with van der Waals surface area (Å²) in [6.07, 6.45) is 1.69. The lowest BCUT2D eigenvalue weighted by atomic mass is 10.3. The standard InChI is InChI=1S/C15H19N3O3S/c1-3-21-13-5-7-22-14(13)15(19)17-8-11-4-6-16-18(11)10-12(9-17)20-2/h4-7,12H,3,8-10H2,1-2H3/t12-/m1/s1. The number of thiophene rings is 1. The molecule has 2 aromatic rings. The number of carbonyl (C=O) groups is 1. The molecule has 0 unspecified atom stereocenters. The highest BCUT2D eigenvalue weighted by Gasteiger charge is 2.28. The molecule has 22 heavy (non-hydrogen) atoms. The summed E-state index contributed by atoms with van der Waals surface area (Å²) in [6.45, 7) is 4.19. The van der Waals surface area contributed by atoms with Crippen molar-refractivity contribution in [3.8, 4) is 5.75 Å². The predicted octanol–water partition coefficient (Wildman–Crippen LogP) is 2.01. The fourth-order valence-electron chi connectivity index (χ4n) is 2.59. The van der Waals surface area contributed by atoms with Gasteiger partial charge in [0, 0.05) is 19.9 Å². The lowest BCUT2D eigenvalue weighted by Gasteiger charge is -2.23. The maximum absolute atomic E-state index is 12.9. The highest BCUT2D eigenvalue weighted by atomic mass is 32.1. The fraction of sp³-hybridized carbons (Fsp3) is 0.467. The molecule has 0 N–H and O–H groups in total. The van der Waals surface area contributed by atoms with E-state index in [0.29, 0.717) is 36.9 Å². The van der Waals surface area contributed by atoms with Crippen LogP contribution < -0.4 is 4.74 Å². The Labute approximate surface area is 133 Å². The Morgan fingerprint density at radius 3 is 3.09 bits per heavy atom. The van der Waals surface area contributed by atoms with Gasteiger partial charge in [0.15, 0.2) is 0 Å². The van der Waals surface area contributed by atoms with E-state index in [4.69, 9.17) is 9.47 Å². The van der Waals surface area contributed by atoms with Crippen LogP contribution in [0.2, 0.25) is 0 Å². The summed E-state index contributed by atoms with van der Waals surface area (Å²) in [4.78, 5) is 15.3. The molecule has 0 fully saturated rings. The third kappa shape index (κ3) is 2.86. The van der Waals surface area contributed by atoms with Crippen molar-refractivity contribution in [3.05, 3.63) is 34.3 Å². The fourth-order valence-corrected chi connectivity index (χ4v) is 3.39. The van der Waals surface area contributed by atoms with Crippen molar-refractivity contribution in [2.75, 3.05) is 20.3 Å². The zero-order valence-corrected chi connectivity index (χ0v) is 13.5. The molecule has 0 saturated heterocycles. The number of hydrogen-bond donors (Lipinski definition) is 0. The van der Waals surface area contributed by atoms with Crippen LogP contribution in [0.4, 0.5) is 0 Å². The first-order valence-electron chi connectivity index (χ1n) is 7.26. The molecule has 3 rings (SSSR count). The van der Waals surface area contributed by atoms with Crippen LogP contribution in [-0.2, 0) is 17.8 Å². The second kappa shape index (κ2) is 6.50. The van der Waals surface area contributed by atoms with Gasteiger partial charge < -0.3 is 14.4 Å². The van der Waals surface area contributed by atoms with Crippen LogP contribution >= 0.6 is 11.3 Å². The van der Waals surface area contributed by atoms with E-state index < -0.39 is 0 Å². The van der Waals surface area contributed by atoms with Gasteiger partial charge in [-0.2, -0.15) is 5.10 Å². The van der Waals surface area contributed by atoms with Gasteiger partial charge in [-0.3, -0.25) is 9.48 Å². The van der Waals surface area contributed by atoms with Crippen molar-refractivity contribution in [1.82, 2.24) is 14.7 Å². The van der Waals surface area contributed by atoms with Gasteiger partial charge in [-0.15, -0.1) is 11.3 Å². The van der Waals surface area contributed by atoms with Gasteiger partial charge in [-0.05, 0) is 24.4 Å². The lowest BCUT2D eigenvalue weighted by molar-refractivity contribution is 0.0451. The van der Waals surface area contributed by atoms with Gasteiger partial charge in [0.2, 0.25) is 0 Å². The molecule has 0 radical (unpaired) electrons. The lowest BCUT2D eigenvalue weighted by Crippen LogP contribution is -2.36. The normalized spacial score (nSPS) is 17.9. The van der Waals surface area contributed by atoms with Gasteiger partial charge in [-0.25, -0.2) is 0 Å². The van der Waals surface area contributed by atoms with Gasteiger partial charge in [0.05, 0.1) is 31.5 Å². The second-order valence-corrected chi connectivity index (χ2v) is 6.01. The molecule has 2 aromatic heterocycles. The maximum atomic E-state index is 12.9. The Morgan fingerprint density at radius 2 is 2.32 bits per heavy atom. The van der Waals surface area contributed by atoms with Crippen molar-refractivity contribution >= 4 is 17.2 Å². The molecule has 0 spiro atoms. The van der Waals surface area contributed by atoms with Gasteiger partial charge in [-0.1, -0.05) is 0 Å². The number of amides is 1. The van der Waals surface area contributed by atoms with E-state index >= 15 is 0 Å². The molecule has 0 saturated carbocycles. The molecule has 0 aromatic carbocycles. The van der Waals surface area contributed by atoms with E-state index in [1.807, 2.05) is 34.0 Å². The Bertz CT molecular complexity index is 652. The molecule has 1 aliphatic heterocycles. The van der Waals surface area contributed by atoms with Crippen molar-refractivity contribution in [2.45, 2.75) is 26.1 Å². The molecule has 3 heterocycles. The SMILES string of the molecule is CCOc1ccsc1C(=O)N1Cc2ccnn2C[C@H](OC)C1. The van der Waals surface area contributed by atoms with Crippen molar-refractivity contribution < 1.29 is 14.3 Å². The largest absolute Gasteiger partial charge is 0.492 e. The summed E-state index contributed by atoms with van der Waals surface area (Å²) in [5.74, 6) is 0.638. The van der Waals surface area contributed by atoms with Gasteiger partial charge in [0.25, 0.3) is 5.91 Å². The van der Waals surface area contributed by atoms with Crippen LogP contribution in [0.5, 0.6) is 5.75 Å². The summed E-state index contributed by atoms with van der Waals surface area (Å²) in [5.41, 5.74) is 1.02. The van der Waals surface area contributed by atoms with Crippen LogP contribution in [0.25, 0.3) is 0 Å². The van der Waals surface area contributed by atoms with Gasteiger partial charge in [0.1, 0.15) is 10.6 Å². The van der Waals surface area contributed by atoms with Crippen molar-refractivity contribution in [3.63, 3.8) is 0 Å². The summed E-state index contributed by atoms with van der Waals surface area (Å²) in [5, 5.41) is 6.18. The first kappa shape index (κ1) is 15.1. The highest BCUT2D eigenvalue weighted by molar-refractivity contribution is 7.12. The van der Waals surface area contributed by atoms with Gasteiger partial charge >= 0.3 is 0 Å². The molecule has 7 heteroatoms. The van der Waals surface area contributed by atoms with E-state index in [0.717, 1.165) is 5.69 Å². The van der Waals surface area contributed by atoms with Crippen LogP contribution in [0.3, 0.4) is 0 Å². The Balaban J connectivity index is 1.86. The Kier molecular flexibility index (Phi) is 4.44. The zero-order valence-electron chi connectivity index (χ0n) is 12.7. The van der Waals surface area contributed by atoms with E-state index in [1.54, 1.807) is 13.3 Å². The van der Waals surface area contributed by atoms with Crippen molar-refractivity contribution in [1.29, 1.82) is 0 Å². The van der Waals surface area contributed by atoms with E-state index in [1.165, 1.54) is 11.3 Å².